The van der Waals surface area contributed by atoms with Gasteiger partial charge in [-0.2, -0.15) is 0 Å². The summed E-state index contributed by atoms with van der Waals surface area (Å²) in [5.41, 5.74) is -0.691. The van der Waals surface area contributed by atoms with Gasteiger partial charge in [-0.1, -0.05) is 0 Å². The summed E-state index contributed by atoms with van der Waals surface area (Å²) in [6.45, 7) is 5.28. The highest BCUT2D eigenvalue weighted by molar-refractivity contribution is 5.94. The molecule has 2 atom stereocenters. The van der Waals surface area contributed by atoms with E-state index in [2.05, 4.69) is 5.32 Å². The Bertz CT molecular complexity index is 381. The first-order valence-corrected chi connectivity index (χ1v) is 7.60. The average molecular weight is 282 g/mol. The first kappa shape index (κ1) is 15.3. The van der Waals surface area contributed by atoms with E-state index in [9.17, 15) is 9.59 Å². The first-order valence-electron chi connectivity index (χ1n) is 7.60. The number of rotatable bonds is 6. The standard InChI is InChI=1S/C15H26N2O3/c1-11-10-13(18)16-15(2,12-6-7-12)14(19)17(11)8-4-5-9-20-3/h11-12H,4-10H2,1-3H3,(H,16,18). The average Bonchev–Trinajstić information content (AvgIpc) is 3.21. The van der Waals surface area contributed by atoms with Crippen LogP contribution in [0.5, 0.6) is 0 Å². The molecule has 2 fully saturated rings. The molecule has 5 heteroatoms. The molecule has 0 aromatic heterocycles. The van der Waals surface area contributed by atoms with Gasteiger partial charge in [-0.25, -0.2) is 0 Å². The normalized spacial score (nSPS) is 31.1. The van der Waals surface area contributed by atoms with E-state index >= 15 is 0 Å². The van der Waals surface area contributed by atoms with Crippen LogP contribution in [0.15, 0.2) is 0 Å². The highest BCUT2D eigenvalue weighted by atomic mass is 16.5. The van der Waals surface area contributed by atoms with Gasteiger partial charge in [-0.15, -0.1) is 0 Å². The minimum Gasteiger partial charge on any atom is -0.385 e. The molecule has 2 unspecified atom stereocenters. The van der Waals surface area contributed by atoms with E-state index in [0.717, 1.165) is 25.7 Å². The number of unbranched alkanes of at least 4 members (excludes halogenated alkanes) is 1. The molecule has 1 saturated carbocycles. The van der Waals surface area contributed by atoms with Gasteiger partial charge in [0.2, 0.25) is 11.8 Å². The van der Waals surface area contributed by atoms with Crippen molar-refractivity contribution in [2.24, 2.45) is 5.92 Å². The molecule has 1 aliphatic carbocycles. The number of ether oxygens (including phenoxy) is 1. The zero-order chi connectivity index (χ0) is 14.8. The summed E-state index contributed by atoms with van der Waals surface area (Å²) < 4.78 is 5.05. The second kappa shape index (κ2) is 6.12. The van der Waals surface area contributed by atoms with Gasteiger partial charge in [-0.05, 0) is 45.4 Å². The van der Waals surface area contributed by atoms with Crippen LogP contribution in [-0.4, -0.2) is 48.6 Å². The molecule has 0 aromatic carbocycles. The van der Waals surface area contributed by atoms with Crippen LogP contribution in [0, 0.1) is 5.92 Å². The summed E-state index contributed by atoms with van der Waals surface area (Å²) in [6.07, 6.45) is 4.33. The Morgan fingerprint density at radius 1 is 1.35 bits per heavy atom. The molecule has 0 bridgehead atoms. The Balaban J connectivity index is 2.07. The number of methoxy groups -OCH3 is 1. The number of amides is 2. The maximum absolute atomic E-state index is 12.8. The summed E-state index contributed by atoms with van der Waals surface area (Å²) in [6, 6.07) is -0.0226. The van der Waals surface area contributed by atoms with Crippen molar-refractivity contribution in [3.05, 3.63) is 0 Å². The first-order chi connectivity index (χ1) is 9.49. The van der Waals surface area contributed by atoms with Crippen LogP contribution < -0.4 is 5.32 Å². The second-order valence-electron chi connectivity index (χ2n) is 6.28. The molecule has 20 heavy (non-hydrogen) atoms. The Hall–Kier alpha value is -1.10. The SMILES string of the molecule is COCCCCN1C(=O)C(C)(C2CC2)NC(=O)CC1C. The third-order valence-corrected chi connectivity index (χ3v) is 4.51. The third-order valence-electron chi connectivity index (χ3n) is 4.51. The fourth-order valence-electron chi connectivity index (χ4n) is 3.06. The summed E-state index contributed by atoms with van der Waals surface area (Å²) in [5, 5.41) is 2.97. The van der Waals surface area contributed by atoms with Gasteiger partial charge < -0.3 is 15.0 Å². The largest absolute Gasteiger partial charge is 0.385 e. The van der Waals surface area contributed by atoms with E-state index in [-0.39, 0.29) is 17.9 Å². The molecule has 1 heterocycles. The van der Waals surface area contributed by atoms with Gasteiger partial charge in [0, 0.05) is 32.7 Å². The lowest BCUT2D eigenvalue weighted by Gasteiger charge is -2.34. The fourth-order valence-corrected chi connectivity index (χ4v) is 3.06. The van der Waals surface area contributed by atoms with Crippen molar-refractivity contribution >= 4 is 11.8 Å². The highest BCUT2D eigenvalue weighted by Crippen LogP contribution is 2.41. The Morgan fingerprint density at radius 2 is 2.05 bits per heavy atom. The van der Waals surface area contributed by atoms with Gasteiger partial charge in [0.1, 0.15) is 5.54 Å². The molecular weight excluding hydrogens is 256 g/mol. The second-order valence-corrected chi connectivity index (χ2v) is 6.28. The number of carbonyl (C=O) groups excluding carboxylic acids is 2. The fraction of sp³-hybridized carbons (Fsp3) is 0.867. The number of hydrogen-bond acceptors (Lipinski definition) is 3. The molecule has 1 aliphatic heterocycles. The Morgan fingerprint density at radius 3 is 2.65 bits per heavy atom. The van der Waals surface area contributed by atoms with Crippen molar-refractivity contribution in [3.8, 4) is 0 Å². The van der Waals surface area contributed by atoms with E-state index in [1.807, 2.05) is 18.7 Å². The predicted molar refractivity (Wildman–Crippen MR) is 76.2 cm³/mol. The lowest BCUT2D eigenvalue weighted by Crippen LogP contribution is -2.57. The smallest absolute Gasteiger partial charge is 0.248 e. The van der Waals surface area contributed by atoms with E-state index in [1.165, 1.54) is 0 Å². The van der Waals surface area contributed by atoms with Crippen molar-refractivity contribution in [2.75, 3.05) is 20.3 Å². The van der Waals surface area contributed by atoms with Crippen molar-refractivity contribution in [3.63, 3.8) is 0 Å². The van der Waals surface area contributed by atoms with Crippen LogP contribution in [0.4, 0.5) is 0 Å². The molecule has 1 saturated heterocycles. The van der Waals surface area contributed by atoms with Crippen molar-refractivity contribution in [1.82, 2.24) is 10.2 Å². The lowest BCUT2D eigenvalue weighted by atomic mass is 9.94. The molecule has 0 spiro atoms. The predicted octanol–water partition coefficient (Wildman–Crippen LogP) is 1.32. The summed E-state index contributed by atoms with van der Waals surface area (Å²) in [7, 11) is 1.69. The summed E-state index contributed by atoms with van der Waals surface area (Å²) in [4.78, 5) is 26.7. The Labute approximate surface area is 121 Å². The van der Waals surface area contributed by atoms with Crippen molar-refractivity contribution < 1.29 is 14.3 Å². The number of carbonyl (C=O) groups is 2. The minimum atomic E-state index is -0.691. The Kier molecular flexibility index (Phi) is 4.68. The topological polar surface area (TPSA) is 58.6 Å². The zero-order valence-electron chi connectivity index (χ0n) is 12.8. The van der Waals surface area contributed by atoms with E-state index in [4.69, 9.17) is 4.74 Å². The molecule has 2 amide bonds. The van der Waals surface area contributed by atoms with Gasteiger partial charge >= 0.3 is 0 Å². The maximum Gasteiger partial charge on any atom is 0.248 e. The zero-order valence-corrected chi connectivity index (χ0v) is 12.8. The van der Waals surface area contributed by atoms with Crippen LogP contribution in [0.2, 0.25) is 0 Å². The molecule has 2 aliphatic rings. The van der Waals surface area contributed by atoms with Gasteiger partial charge in [0.15, 0.2) is 0 Å². The van der Waals surface area contributed by atoms with Crippen molar-refractivity contribution in [1.29, 1.82) is 0 Å². The van der Waals surface area contributed by atoms with E-state index in [0.29, 0.717) is 25.5 Å². The van der Waals surface area contributed by atoms with Gasteiger partial charge in [0.25, 0.3) is 0 Å². The molecule has 0 radical (unpaired) electrons. The van der Waals surface area contributed by atoms with Crippen LogP contribution in [-0.2, 0) is 14.3 Å². The molecule has 114 valence electrons. The molecule has 1 N–H and O–H groups in total. The number of nitrogens with one attached hydrogen (secondary N) is 1. The number of nitrogens with zero attached hydrogens (tertiary/aromatic N) is 1. The molecule has 5 nitrogen and oxygen atoms in total. The maximum atomic E-state index is 12.8. The monoisotopic (exact) mass is 282 g/mol. The molecular formula is C15H26N2O3. The minimum absolute atomic E-state index is 0.000332. The van der Waals surface area contributed by atoms with Crippen LogP contribution in [0.3, 0.4) is 0 Å². The summed E-state index contributed by atoms with van der Waals surface area (Å²) >= 11 is 0. The van der Waals surface area contributed by atoms with Gasteiger partial charge in [-0.3, -0.25) is 9.59 Å². The van der Waals surface area contributed by atoms with E-state index in [1.54, 1.807) is 7.11 Å². The van der Waals surface area contributed by atoms with E-state index < -0.39 is 5.54 Å². The number of hydrogen-bond donors (Lipinski definition) is 1. The quantitative estimate of drug-likeness (QED) is 0.748. The molecule has 0 aromatic rings. The lowest BCUT2D eigenvalue weighted by molar-refractivity contribution is -0.140. The molecule has 2 rings (SSSR count). The van der Waals surface area contributed by atoms with Crippen LogP contribution >= 0.6 is 0 Å². The summed E-state index contributed by atoms with van der Waals surface area (Å²) in [5.74, 6) is 0.404. The third kappa shape index (κ3) is 3.14. The van der Waals surface area contributed by atoms with Crippen molar-refractivity contribution in [2.45, 2.75) is 57.5 Å². The highest BCUT2D eigenvalue weighted by Gasteiger charge is 2.52. The van der Waals surface area contributed by atoms with Crippen LogP contribution in [0.25, 0.3) is 0 Å². The van der Waals surface area contributed by atoms with Crippen LogP contribution in [0.1, 0.15) is 46.0 Å². The van der Waals surface area contributed by atoms with Gasteiger partial charge in [0.05, 0.1) is 0 Å².